The van der Waals surface area contributed by atoms with Crippen LogP contribution < -0.4 is 10.1 Å². The molecular weight excluding hydrogens is 353 g/mol. The van der Waals surface area contributed by atoms with Crippen LogP contribution in [0.2, 0.25) is 10.0 Å². The van der Waals surface area contributed by atoms with E-state index in [1.54, 1.807) is 42.5 Å². The van der Waals surface area contributed by atoms with Gasteiger partial charge < -0.3 is 14.8 Å². The second kappa shape index (κ2) is 7.11. The molecule has 3 rings (SSSR count). The summed E-state index contributed by atoms with van der Waals surface area (Å²) >= 11 is 11.7. The van der Waals surface area contributed by atoms with Crippen LogP contribution in [-0.2, 0) is 20.9 Å². The molecule has 7 heteroatoms. The fourth-order valence-corrected chi connectivity index (χ4v) is 2.55. The average Bonchev–Trinajstić information content (AvgIpc) is 2.56. The zero-order valence-corrected chi connectivity index (χ0v) is 13.9. The van der Waals surface area contributed by atoms with Crippen molar-refractivity contribution < 1.29 is 19.1 Å². The number of amides is 1. The smallest absolute Gasteiger partial charge is 0.310 e. The molecule has 124 valence electrons. The first-order valence-electron chi connectivity index (χ1n) is 7.19. The number of anilines is 1. The van der Waals surface area contributed by atoms with Crippen LogP contribution in [0.25, 0.3) is 0 Å². The maximum atomic E-state index is 12.0. The number of carbonyl (C=O) groups excluding carboxylic acids is 2. The molecule has 0 bridgehead atoms. The molecular formula is C17H13Cl2NO4. The lowest BCUT2D eigenvalue weighted by molar-refractivity contribution is -0.149. The minimum absolute atomic E-state index is 0.0423. The van der Waals surface area contributed by atoms with Gasteiger partial charge in [-0.2, -0.15) is 0 Å². The second-order valence-corrected chi connectivity index (χ2v) is 6.02. The molecule has 0 aliphatic carbocycles. The van der Waals surface area contributed by atoms with Crippen LogP contribution in [0.15, 0.2) is 42.5 Å². The summed E-state index contributed by atoms with van der Waals surface area (Å²) in [6.07, 6.45) is -1.09. The predicted molar refractivity (Wildman–Crippen MR) is 90.4 cm³/mol. The molecule has 2 aromatic rings. The molecule has 5 nitrogen and oxygen atoms in total. The largest absolute Gasteiger partial charge is 0.478 e. The lowest BCUT2D eigenvalue weighted by Crippen LogP contribution is -2.38. The Balaban J connectivity index is 1.57. The third kappa shape index (κ3) is 3.80. The van der Waals surface area contributed by atoms with E-state index in [0.29, 0.717) is 27.0 Å². The molecule has 0 radical (unpaired) electrons. The fourth-order valence-electron chi connectivity index (χ4n) is 2.23. The van der Waals surface area contributed by atoms with Gasteiger partial charge in [0.25, 0.3) is 5.91 Å². The Labute approximate surface area is 148 Å². The molecule has 1 heterocycles. The van der Waals surface area contributed by atoms with Crippen molar-refractivity contribution in [3.63, 3.8) is 0 Å². The van der Waals surface area contributed by atoms with Crippen LogP contribution in [0.3, 0.4) is 0 Å². The van der Waals surface area contributed by atoms with E-state index in [4.69, 9.17) is 32.7 Å². The van der Waals surface area contributed by atoms with E-state index >= 15 is 0 Å². The minimum atomic E-state index is -0.916. The highest BCUT2D eigenvalue weighted by molar-refractivity contribution is 6.42. The lowest BCUT2D eigenvalue weighted by Gasteiger charge is -2.25. The van der Waals surface area contributed by atoms with Gasteiger partial charge in [0.2, 0.25) is 0 Å². The van der Waals surface area contributed by atoms with E-state index in [2.05, 4.69) is 5.32 Å². The Kier molecular flexibility index (Phi) is 4.92. The molecule has 1 amide bonds. The van der Waals surface area contributed by atoms with Gasteiger partial charge in [-0.05, 0) is 29.8 Å². The zero-order chi connectivity index (χ0) is 17.1. The molecule has 24 heavy (non-hydrogen) atoms. The number of halogens is 2. The first-order chi connectivity index (χ1) is 11.5. The van der Waals surface area contributed by atoms with Gasteiger partial charge >= 0.3 is 5.97 Å². The van der Waals surface area contributed by atoms with E-state index in [0.717, 1.165) is 0 Å². The van der Waals surface area contributed by atoms with Crippen molar-refractivity contribution in [1.29, 1.82) is 0 Å². The topological polar surface area (TPSA) is 64.6 Å². The van der Waals surface area contributed by atoms with Gasteiger partial charge in [0.05, 0.1) is 22.2 Å². The molecule has 0 fully saturated rings. The van der Waals surface area contributed by atoms with Gasteiger partial charge in [0.15, 0.2) is 6.10 Å². The van der Waals surface area contributed by atoms with Crippen LogP contribution >= 0.6 is 23.2 Å². The Morgan fingerprint density at radius 1 is 1.17 bits per heavy atom. The molecule has 0 saturated heterocycles. The SMILES string of the molecule is O=C(CC1Oc2ccccc2NC1=O)OCc1ccc(Cl)c(Cl)c1. The maximum absolute atomic E-state index is 12.0. The maximum Gasteiger partial charge on any atom is 0.310 e. The van der Waals surface area contributed by atoms with Crippen molar-refractivity contribution in [2.45, 2.75) is 19.1 Å². The van der Waals surface area contributed by atoms with Crippen LogP contribution in [0.4, 0.5) is 5.69 Å². The Hall–Kier alpha value is -2.24. The Morgan fingerprint density at radius 3 is 2.75 bits per heavy atom. The number of fused-ring (bicyclic) bond motifs is 1. The summed E-state index contributed by atoms with van der Waals surface area (Å²) in [5.74, 6) is -0.389. The van der Waals surface area contributed by atoms with Crippen molar-refractivity contribution in [2.75, 3.05) is 5.32 Å². The number of hydrogen-bond acceptors (Lipinski definition) is 4. The van der Waals surface area contributed by atoms with E-state index in [1.165, 1.54) is 0 Å². The first-order valence-corrected chi connectivity index (χ1v) is 7.94. The number of rotatable bonds is 4. The average molecular weight is 366 g/mol. The van der Waals surface area contributed by atoms with Gasteiger partial charge in [0, 0.05) is 0 Å². The number of hydrogen-bond donors (Lipinski definition) is 1. The summed E-state index contributed by atoms with van der Waals surface area (Å²) in [5, 5.41) is 3.51. The van der Waals surface area contributed by atoms with Crippen molar-refractivity contribution in [1.82, 2.24) is 0 Å². The van der Waals surface area contributed by atoms with Crippen LogP contribution in [0.5, 0.6) is 5.75 Å². The van der Waals surface area contributed by atoms with Crippen LogP contribution in [0, 0.1) is 0 Å². The summed E-state index contributed by atoms with van der Waals surface area (Å²) in [7, 11) is 0. The quantitative estimate of drug-likeness (QED) is 0.836. The summed E-state index contributed by atoms with van der Waals surface area (Å²) in [4.78, 5) is 23.9. The van der Waals surface area contributed by atoms with Crippen LogP contribution in [0.1, 0.15) is 12.0 Å². The molecule has 0 aromatic heterocycles. The predicted octanol–water partition coefficient (Wildman–Crippen LogP) is 3.83. The molecule has 1 aliphatic rings. The molecule has 1 atom stereocenters. The van der Waals surface area contributed by atoms with E-state index in [-0.39, 0.29) is 18.9 Å². The summed E-state index contributed by atoms with van der Waals surface area (Å²) in [5.41, 5.74) is 1.29. The molecule has 1 unspecified atom stereocenters. The number of para-hydroxylation sites is 2. The van der Waals surface area contributed by atoms with E-state index in [9.17, 15) is 9.59 Å². The highest BCUT2D eigenvalue weighted by Gasteiger charge is 2.30. The van der Waals surface area contributed by atoms with Crippen molar-refractivity contribution in [3.8, 4) is 5.75 Å². The summed E-state index contributed by atoms with van der Waals surface area (Å²) in [6, 6.07) is 12.0. The van der Waals surface area contributed by atoms with Gasteiger partial charge in [-0.1, -0.05) is 41.4 Å². The van der Waals surface area contributed by atoms with Crippen molar-refractivity contribution >= 4 is 40.8 Å². The van der Waals surface area contributed by atoms with Gasteiger partial charge in [-0.15, -0.1) is 0 Å². The van der Waals surface area contributed by atoms with Gasteiger partial charge in [-0.25, -0.2) is 0 Å². The van der Waals surface area contributed by atoms with Crippen LogP contribution in [-0.4, -0.2) is 18.0 Å². The minimum Gasteiger partial charge on any atom is -0.478 e. The first kappa shape index (κ1) is 16.6. The number of nitrogens with one attached hydrogen (secondary N) is 1. The van der Waals surface area contributed by atoms with Crippen molar-refractivity contribution in [3.05, 3.63) is 58.1 Å². The zero-order valence-electron chi connectivity index (χ0n) is 12.4. The molecule has 2 aromatic carbocycles. The molecule has 1 N–H and O–H groups in total. The lowest BCUT2D eigenvalue weighted by atomic mass is 10.1. The standard InChI is InChI=1S/C17H13Cl2NO4/c18-11-6-5-10(7-12(11)19)9-23-16(21)8-15-17(22)20-13-3-1-2-4-14(13)24-15/h1-7,15H,8-9H2,(H,20,22). The number of carbonyl (C=O) groups is 2. The third-order valence-electron chi connectivity index (χ3n) is 3.44. The highest BCUT2D eigenvalue weighted by atomic mass is 35.5. The van der Waals surface area contributed by atoms with E-state index in [1.807, 2.05) is 0 Å². The monoisotopic (exact) mass is 365 g/mol. The number of esters is 1. The fraction of sp³-hybridized carbons (Fsp3) is 0.176. The van der Waals surface area contributed by atoms with Gasteiger partial charge in [-0.3, -0.25) is 9.59 Å². The molecule has 0 saturated carbocycles. The van der Waals surface area contributed by atoms with E-state index < -0.39 is 12.1 Å². The summed E-state index contributed by atoms with van der Waals surface area (Å²) < 4.78 is 10.7. The molecule has 0 spiro atoms. The van der Waals surface area contributed by atoms with Crippen molar-refractivity contribution in [2.24, 2.45) is 0 Å². The number of ether oxygens (including phenoxy) is 2. The third-order valence-corrected chi connectivity index (χ3v) is 4.18. The normalized spacial score (nSPS) is 15.9. The van der Waals surface area contributed by atoms with Gasteiger partial charge in [0.1, 0.15) is 12.4 Å². The number of benzene rings is 2. The Morgan fingerprint density at radius 2 is 1.96 bits per heavy atom. The second-order valence-electron chi connectivity index (χ2n) is 5.21. The molecule has 1 aliphatic heterocycles. The highest BCUT2D eigenvalue weighted by Crippen LogP contribution is 2.29. The summed E-state index contributed by atoms with van der Waals surface area (Å²) in [6.45, 7) is 0.0423. The Bertz CT molecular complexity index is 794.